The van der Waals surface area contributed by atoms with Gasteiger partial charge in [0.2, 0.25) is 0 Å². The Kier molecular flexibility index (Phi) is 6.46. The number of amides is 2. The van der Waals surface area contributed by atoms with E-state index in [-0.39, 0.29) is 10.7 Å². The van der Waals surface area contributed by atoms with Crippen molar-refractivity contribution < 1.29 is 19.1 Å². The number of hydrogen-bond donors (Lipinski definition) is 1. The standard InChI is InChI=1S/C26H20Cl2N2O4/c1-14-4-11-21(16(3)12-14)30-24(31)22(28)23(25(30)32)29-18-7-5-17(6-8-18)26(33)34-19-9-10-20(27)15(2)13-19/h4-13,29H,1-3H3. The summed E-state index contributed by atoms with van der Waals surface area (Å²) >= 11 is 12.2. The smallest absolute Gasteiger partial charge is 0.343 e. The number of benzene rings is 3. The Balaban J connectivity index is 1.49. The summed E-state index contributed by atoms with van der Waals surface area (Å²) in [6.07, 6.45) is 0. The average molecular weight is 495 g/mol. The zero-order valence-corrected chi connectivity index (χ0v) is 20.1. The van der Waals surface area contributed by atoms with E-state index in [0.717, 1.165) is 21.6 Å². The number of carbonyl (C=O) groups is 3. The summed E-state index contributed by atoms with van der Waals surface area (Å²) in [5.74, 6) is -1.31. The van der Waals surface area contributed by atoms with Crippen LogP contribution in [0.2, 0.25) is 5.02 Å². The van der Waals surface area contributed by atoms with Crippen molar-refractivity contribution in [1.82, 2.24) is 0 Å². The summed E-state index contributed by atoms with van der Waals surface area (Å²) in [4.78, 5) is 39.2. The first kappa shape index (κ1) is 23.5. The molecular weight excluding hydrogens is 475 g/mol. The van der Waals surface area contributed by atoms with Crippen molar-refractivity contribution in [3.63, 3.8) is 0 Å². The lowest BCUT2D eigenvalue weighted by Crippen LogP contribution is -2.32. The van der Waals surface area contributed by atoms with E-state index in [1.807, 2.05) is 32.9 Å². The molecule has 0 unspecified atom stereocenters. The summed E-state index contributed by atoms with van der Waals surface area (Å²) in [6.45, 7) is 5.57. The van der Waals surface area contributed by atoms with E-state index in [1.54, 1.807) is 48.5 Å². The van der Waals surface area contributed by atoms with Crippen LogP contribution in [0.5, 0.6) is 5.75 Å². The number of imide groups is 1. The van der Waals surface area contributed by atoms with Crippen LogP contribution >= 0.6 is 23.2 Å². The van der Waals surface area contributed by atoms with Crippen molar-refractivity contribution in [3.05, 3.63) is 98.7 Å². The largest absolute Gasteiger partial charge is 0.423 e. The molecule has 0 bridgehead atoms. The van der Waals surface area contributed by atoms with Gasteiger partial charge in [-0.3, -0.25) is 9.59 Å². The number of ether oxygens (including phenoxy) is 1. The molecule has 1 heterocycles. The summed E-state index contributed by atoms with van der Waals surface area (Å²) in [7, 11) is 0. The quantitative estimate of drug-likeness (QED) is 0.270. The van der Waals surface area contributed by atoms with Gasteiger partial charge in [0.05, 0.1) is 11.3 Å². The number of aryl methyl sites for hydroxylation is 3. The first-order valence-electron chi connectivity index (χ1n) is 10.4. The van der Waals surface area contributed by atoms with Crippen LogP contribution in [-0.4, -0.2) is 17.8 Å². The van der Waals surface area contributed by atoms with E-state index in [2.05, 4.69) is 5.32 Å². The molecule has 8 heteroatoms. The van der Waals surface area contributed by atoms with Gasteiger partial charge in [0.15, 0.2) is 0 Å². The second kappa shape index (κ2) is 9.33. The molecule has 1 aliphatic rings. The fourth-order valence-corrected chi connectivity index (χ4v) is 3.90. The summed E-state index contributed by atoms with van der Waals surface area (Å²) < 4.78 is 5.39. The molecule has 1 aliphatic heterocycles. The maximum Gasteiger partial charge on any atom is 0.343 e. The molecule has 2 amide bonds. The summed E-state index contributed by atoms with van der Waals surface area (Å²) in [6, 6.07) is 16.7. The number of anilines is 2. The molecule has 3 aromatic carbocycles. The van der Waals surface area contributed by atoms with Crippen LogP contribution in [0, 0.1) is 20.8 Å². The molecule has 1 N–H and O–H groups in total. The molecule has 0 fully saturated rings. The minimum Gasteiger partial charge on any atom is -0.423 e. The lowest BCUT2D eigenvalue weighted by Gasteiger charge is -2.18. The highest BCUT2D eigenvalue weighted by Gasteiger charge is 2.39. The van der Waals surface area contributed by atoms with Crippen LogP contribution in [0.4, 0.5) is 11.4 Å². The van der Waals surface area contributed by atoms with Crippen LogP contribution < -0.4 is 15.0 Å². The van der Waals surface area contributed by atoms with Gasteiger partial charge in [-0.05, 0) is 80.4 Å². The molecule has 6 nitrogen and oxygen atoms in total. The summed E-state index contributed by atoms with van der Waals surface area (Å²) in [5.41, 5.74) is 3.83. The Bertz CT molecular complexity index is 1360. The van der Waals surface area contributed by atoms with Crippen LogP contribution in [0.15, 0.2) is 71.4 Å². The van der Waals surface area contributed by atoms with Crippen LogP contribution in [0.3, 0.4) is 0 Å². The first-order chi connectivity index (χ1) is 16.2. The molecule has 0 aliphatic carbocycles. The highest BCUT2D eigenvalue weighted by molar-refractivity contribution is 6.53. The summed E-state index contributed by atoms with van der Waals surface area (Å²) in [5, 5.41) is 3.28. The highest BCUT2D eigenvalue weighted by atomic mass is 35.5. The van der Waals surface area contributed by atoms with E-state index >= 15 is 0 Å². The molecule has 0 spiro atoms. The number of halogens is 2. The normalized spacial score (nSPS) is 13.5. The topological polar surface area (TPSA) is 75.7 Å². The van der Waals surface area contributed by atoms with Crippen molar-refractivity contribution in [2.75, 3.05) is 10.2 Å². The molecule has 3 aromatic rings. The van der Waals surface area contributed by atoms with Crippen molar-refractivity contribution in [3.8, 4) is 5.75 Å². The first-order valence-corrected chi connectivity index (χ1v) is 11.1. The third-order valence-electron chi connectivity index (χ3n) is 5.35. The minimum absolute atomic E-state index is 0.0291. The molecule has 172 valence electrons. The SMILES string of the molecule is Cc1ccc(N2C(=O)C(Cl)=C(Nc3ccc(C(=O)Oc4ccc(Cl)c(C)c4)cc3)C2=O)c(C)c1. The Morgan fingerprint density at radius 2 is 1.56 bits per heavy atom. The van der Waals surface area contributed by atoms with Crippen molar-refractivity contribution in [2.45, 2.75) is 20.8 Å². The van der Waals surface area contributed by atoms with Gasteiger partial charge < -0.3 is 10.1 Å². The highest BCUT2D eigenvalue weighted by Crippen LogP contribution is 2.32. The lowest BCUT2D eigenvalue weighted by molar-refractivity contribution is -0.120. The Labute approximate surface area is 206 Å². The van der Waals surface area contributed by atoms with Gasteiger partial charge in [-0.2, -0.15) is 0 Å². The molecule has 0 atom stereocenters. The van der Waals surface area contributed by atoms with Crippen molar-refractivity contribution >= 4 is 52.4 Å². The minimum atomic E-state index is -0.598. The number of carbonyl (C=O) groups excluding carboxylic acids is 3. The number of rotatable bonds is 5. The van der Waals surface area contributed by atoms with E-state index in [9.17, 15) is 14.4 Å². The van der Waals surface area contributed by atoms with E-state index < -0.39 is 17.8 Å². The number of nitrogens with one attached hydrogen (secondary N) is 1. The lowest BCUT2D eigenvalue weighted by atomic mass is 10.1. The van der Waals surface area contributed by atoms with Gasteiger partial charge in [-0.1, -0.05) is 40.9 Å². The molecular formula is C26H20Cl2N2O4. The fraction of sp³-hybridized carbons (Fsp3) is 0.115. The molecule has 4 rings (SSSR count). The molecule has 0 saturated heterocycles. The fourth-order valence-electron chi connectivity index (χ4n) is 3.57. The second-order valence-electron chi connectivity index (χ2n) is 7.93. The van der Waals surface area contributed by atoms with Crippen LogP contribution in [0.1, 0.15) is 27.0 Å². The Morgan fingerprint density at radius 1 is 0.853 bits per heavy atom. The zero-order valence-electron chi connectivity index (χ0n) is 18.6. The van der Waals surface area contributed by atoms with Gasteiger partial charge in [-0.25, -0.2) is 9.69 Å². The monoisotopic (exact) mass is 494 g/mol. The third kappa shape index (κ3) is 4.55. The van der Waals surface area contributed by atoms with Gasteiger partial charge >= 0.3 is 5.97 Å². The maximum absolute atomic E-state index is 13.0. The number of hydrogen-bond acceptors (Lipinski definition) is 5. The third-order valence-corrected chi connectivity index (χ3v) is 6.13. The zero-order chi connectivity index (χ0) is 24.6. The molecule has 0 saturated carbocycles. The van der Waals surface area contributed by atoms with Gasteiger partial charge in [0.25, 0.3) is 11.8 Å². The van der Waals surface area contributed by atoms with E-state index in [4.69, 9.17) is 27.9 Å². The van der Waals surface area contributed by atoms with Crippen molar-refractivity contribution in [1.29, 1.82) is 0 Å². The van der Waals surface area contributed by atoms with Gasteiger partial charge in [-0.15, -0.1) is 0 Å². The Hall–Kier alpha value is -3.61. The average Bonchev–Trinajstić information content (AvgIpc) is 3.00. The Morgan fingerprint density at radius 3 is 2.21 bits per heavy atom. The molecule has 34 heavy (non-hydrogen) atoms. The van der Waals surface area contributed by atoms with Crippen molar-refractivity contribution in [2.24, 2.45) is 0 Å². The number of nitrogens with zero attached hydrogens (tertiary/aromatic N) is 1. The predicted molar refractivity (Wildman–Crippen MR) is 133 cm³/mol. The van der Waals surface area contributed by atoms with Gasteiger partial charge in [0, 0.05) is 10.7 Å². The maximum atomic E-state index is 13.0. The van der Waals surface area contributed by atoms with E-state index in [0.29, 0.717) is 27.7 Å². The van der Waals surface area contributed by atoms with Gasteiger partial charge in [0.1, 0.15) is 16.5 Å². The van der Waals surface area contributed by atoms with Crippen LogP contribution in [0.25, 0.3) is 0 Å². The second-order valence-corrected chi connectivity index (χ2v) is 8.71. The number of esters is 1. The molecule has 0 radical (unpaired) electrons. The van der Waals surface area contributed by atoms with Crippen LogP contribution in [-0.2, 0) is 9.59 Å². The van der Waals surface area contributed by atoms with E-state index in [1.165, 1.54) is 0 Å². The molecule has 0 aromatic heterocycles. The predicted octanol–water partition coefficient (Wildman–Crippen LogP) is 5.92.